The molecule has 102 valence electrons. The van der Waals surface area contributed by atoms with Gasteiger partial charge in [-0.3, -0.25) is 0 Å². The van der Waals surface area contributed by atoms with Crippen molar-refractivity contribution < 1.29 is 0 Å². The van der Waals surface area contributed by atoms with Crippen LogP contribution >= 0.6 is 0 Å². The summed E-state index contributed by atoms with van der Waals surface area (Å²) in [5.74, 6) is 0. The maximum absolute atomic E-state index is 3.44. The normalized spacial score (nSPS) is 21.0. The zero-order valence-electron chi connectivity index (χ0n) is 12.2. The molecule has 3 heteroatoms. The zero-order chi connectivity index (χ0) is 12.7. The van der Waals surface area contributed by atoms with Gasteiger partial charge >= 0.3 is 0 Å². The maximum atomic E-state index is 3.44. The van der Waals surface area contributed by atoms with E-state index in [4.69, 9.17) is 0 Å². The van der Waals surface area contributed by atoms with Crippen LogP contribution in [0.3, 0.4) is 0 Å². The number of likely N-dealkylation sites (tertiary alicyclic amines) is 1. The van der Waals surface area contributed by atoms with Gasteiger partial charge in [0.25, 0.3) is 0 Å². The Morgan fingerprint density at radius 1 is 1.29 bits per heavy atom. The highest BCUT2D eigenvalue weighted by molar-refractivity contribution is 4.80. The molecule has 1 atom stereocenters. The largest absolute Gasteiger partial charge is 0.316 e. The first-order valence-corrected chi connectivity index (χ1v) is 7.31. The lowest BCUT2D eigenvalue weighted by Crippen LogP contribution is -2.47. The van der Waals surface area contributed by atoms with E-state index in [1.165, 1.54) is 51.9 Å². The molecule has 1 rings (SSSR count). The minimum absolute atomic E-state index is 0.661. The molecule has 0 amide bonds. The number of likely N-dealkylation sites (N-methyl/N-ethyl adjacent to an activating group) is 2. The summed E-state index contributed by atoms with van der Waals surface area (Å²) in [5.41, 5.74) is 0. The molecular formula is C14H31N3. The monoisotopic (exact) mass is 241 g/mol. The third-order valence-electron chi connectivity index (χ3n) is 4.18. The predicted octanol–water partition coefficient (Wildman–Crippen LogP) is 1.79. The van der Waals surface area contributed by atoms with Gasteiger partial charge in [0.1, 0.15) is 0 Å². The molecule has 1 heterocycles. The topological polar surface area (TPSA) is 18.5 Å². The van der Waals surface area contributed by atoms with Crippen LogP contribution in [0.5, 0.6) is 0 Å². The number of nitrogens with one attached hydrogen (secondary N) is 1. The highest BCUT2D eigenvalue weighted by Gasteiger charge is 2.22. The first kappa shape index (κ1) is 14.9. The lowest BCUT2D eigenvalue weighted by molar-refractivity contribution is 0.123. The molecule has 0 aromatic carbocycles. The van der Waals surface area contributed by atoms with Crippen LogP contribution in [0.15, 0.2) is 0 Å². The number of piperidine rings is 1. The van der Waals surface area contributed by atoms with Crippen molar-refractivity contribution in [3.8, 4) is 0 Å². The number of nitrogens with zero attached hydrogens (tertiary/aromatic N) is 2. The van der Waals surface area contributed by atoms with E-state index >= 15 is 0 Å². The fourth-order valence-corrected chi connectivity index (χ4v) is 2.85. The van der Waals surface area contributed by atoms with Crippen LogP contribution in [-0.4, -0.2) is 62.2 Å². The Hall–Kier alpha value is -0.120. The van der Waals surface area contributed by atoms with Crippen LogP contribution in [0.4, 0.5) is 0 Å². The van der Waals surface area contributed by atoms with Crippen molar-refractivity contribution in [2.75, 3.05) is 40.3 Å². The van der Waals surface area contributed by atoms with Crippen molar-refractivity contribution >= 4 is 0 Å². The van der Waals surface area contributed by atoms with Gasteiger partial charge in [-0.2, -0.15) is 0 Å². The van der Waals surface area contributed by atoms with Gasteiger partial charge in [0.2, 0.25) is 0 Å². The summed E-state index contributed by atoms with van der Waals surface area (Å²) in [6.07, 6.45) is 5.24. The summed E-state index contributed by atoms with van der Waals surface area (Å²) in [7, 11) is 4.39. The molecule has 0 radical (unpaired) electrons. The van der Waals surface area contributed by atoms with E-state index in [1.807, 2.05) is 0 Å². The summed E-state index contributed by atoms with van der Waals surface area (Å²) in [6.45, 7) is 9.51. The molecule has 3 nitrogen and oxygen atoms in total. The van der Waals surface area contributed by atoms with Crippen molar-refractivity contribution in [3.05, 3.63) is 0 Å². The molecule has 0 aromatic heterocycles. The van der Waals surface area contributed by atoms with Gasteiger partial charge in [-0.1, -0.05) is 20.3 Å². The fourth-order valence-electron chi connectivity index (χ4n) is 2.85. The molecule has 1 unspecified atom stereocenters. The minimum Gasteiger partial charge on any atom is -0.316 e. The standard InChI is InChI=1S/C14H31N3/c1-5-7-13(15-3)12-16(4)14-8-10-17(6-2)11-9-14/h13-15H,5-12H2,1-4H3. The van der Waals surface area contributed by atoms with Gasteiger partial charge in [-0.15, -0.1) is 0 Å². The molecule has 0 aromatic rings. The SMILES string of the molecule is CCCC(CN(C)C1CCN(CC)CC1)NC. The Morgan fingerprint density at radius 2 is 1.94 bits per heavy atom. The molecule has 1 fully saturated rings. The number of hydrogen-bond donors (Lipinski definition) is 1. The Kier molecular flexibility index (Phi) is 7.09. The van der Waals surface area contributed by atoms with Crippen molar-refractivity contribution in [3.63, 3.8) is 0 Å². The summed E-state index contributed by atoms with van der Waals surface area (Å²) in [5, 5.41) is 3.44. The molecular weight excluding hydrogens is 210 g/mol. The van der Waals surface area contributed by atoms with Crippen LogP contribution in [0.2, 0.25) is 0 Å². The first-order valence-electron chi connectivity index (χ1n) is 7.31. The third kappa shape index (κ3) is 4.94. The number of rotatable bonds is 7. The maximum Gasteiger partial charge on any atom is 0.0191 e. The second-order valence-electron chi connectivity index (χ2n) is 5.38. The van der Waals surface area contributed by atoms with Crippen LogP contribution in [0.1, 0.15) is 39.5 Å². The molecule has 0 spiro atoms. The Bertz CT molecular complexity index is 188. The highest BCUT2D eigenvalue weighted by Crippen LogP contribution is 2.15. The summed E-state index contributed by atoms with van der Waals surface area (Å²) >= 11 is 0. The average Bonchev–Trinajstić information content (AvgIpc) is 2.38. The van der Waals surface area contributed by atoms with Crippen molar-refractivity contribution in [2.24, 2.45) is 0 Å². The van der Waals surface area contributed by atoms with E-state index < -0.39 is 0 Å². The lowest BCUT2D eigenvalue weighted by Gasteiger charge is -2.37. The second-order valence-corrected chi connectivity index (χ2v) is 5.38. The van der Waals surface area contributed by atoms with E-state index in [1.54, 1.807) is 0 Å². The summed E-state index contributed by atoms with van der Waals surface area (Å²) in [6, 6.07) is 1.46. The molecule has 1 N–H and O–H groups in total. The Labute approximate surface area is 108 Å². The van der Waals surface area contributed by atoms with Crippen LogP contribution in [0.25, 0.3) is 0 Å². The van der Waals surface area contributed by atoms with Gasteiger partial charge in [-0.25, -0.2) is 0 Å². The molecule has 1 aliphatic rings. The van der Waals surface area contributed by atoms with Crippen LogP contribution < -0.4 is 5.32 Å². The number of hydrogen-bond acceptors (Lipinski definition) is 3. The van der Waals surface area contributed by atoms with Gasteiger partial charge in [0.05, 0.1) is 0 Å². The van der Waals surface area contributed by atoms with E-state index in [2.05, 4.69) is 43.1 Å². The van der Waals surface area contributed by atoms with Gasteiger partial charge < -0.3 is 15.1 Å². The van der Waals surface area contributed by atoms with Gasteiger partial charge in [0, 0.05) is 18.6 Å². The van der Waals surface area contributed by atoms with E-state index in [-0.39, 0.29) is 0 Å². The molecule has 0 bridgehead atoms. The third-order valence-corrected chi connectivity index (χ3v) is 4.18. The minimum atomic E-state index is 0.661. The van der Waals surface area contributed by atoms with Crippen LogP contribution in [0, 0.1) is 0 Å². The fraction of sp³-hybridized carbons (Fsp3) is 1.00. The first-order chi connectivity index (χ1) is 8.21. The van der Waals surface area contributed by atoms with Crippen LogP contribution in [-0.2, 0) is 0 Å². The van der Waals surface area contributed by atoms with Crippen molar-refractivity contribution in [1.82, 2.24) is 15.1 Å². The molecule has 17 heavy (non-hydrogen) atoms. The highest BCUT2D eigenvalue weighted by atomic mass is 15.2. The van der Waals surface area contributed by atoms with Crippen molar-refractivity contribution in [2.45, 2.75) is 51.6 Å². The quantitative estimate of drug-likeness (QED) is 0.733. The van der Waals surface area contributed by atoms with E-state index in [0.29, 0.717) is 6.04 Å². The van der Waals surface area contributed by atoms with Gasteiger partial charge in [-0.05, 0) is 53.0 Å². The lowest BCUT2D eigenvalue weighted by atomic mass is 10.0. The smallest absolute Gasteiger partial charge is 0.0191 e. The van der Waals surface area contributed by atoms with Gasteiger partial charge in [0.15, 0.2) is 0 Å². The summed E-state index contributed by atoms with van der Waals surface area (Å²) in [4.78, 5) is 5.13. The molecule has 0 saturated carbocycles. The Balaban J connectivity index is 2.30. The molecule has 0 aliphatic carbocycles. The predicted molar refractivity (Wildman–Crippen MR) is 75.5 cm³/mol. The summed E-state index contributed by atoms with van der Waals surface area (Å²) < 4.78 is 0. The van der Waals surface area contributed by atoms with E-state index in [9.17, 15) is 0 Å². The molecule has 1 saturated heterocycles. The molecule has 1 aliphatic heterocycles. The average molecular weight is 241 g/mol. The Morgan fingerprint density at radius 3 is 2.41 bits per heavy atom. The second kappa shape index (κ2) is 8.06. The zero-order valence-corrected chi connectivity index (χ0v) is 12.2. The van der Waals surface area contributed by atoms with Crippen molar-refractivity contribution in [1.29, 1.82) is 0 Å². The van der Waals surface area contributed by atoms with E-state index in [0.717, 1.165) is 6.04 Å².